The highest BCUT2D eigenvalue weighted by Crippen LogP contribution is 2.14. The van der Waals surface area contributed by atoms with Gasteiger partial charge >= 0.3 is 5.97 Å². The summed E-state index contributed by atoms with van der Waals surface area (Å²) in [6, 6.07) is 15.6. The molecule has 146 valence electrons. The fourth-order valence-electron chi connectivity index (χ4n) is 2.66. The first-order chi connectivity index (χ1) is 13.1. The summed E-state index contributed by atoms with van der Waals surface area (Å²) in [5, 5.41) is 22.0. The summed E-state index contributed by atoms with van der Waals surface area (Å²) in [6.07, 6.45) is 3.48. The van der Waals surface area contributed by atoms with E-state index in [-0.39, 0.29) is 13.0 Å². The van der Waals surface area contributed by atoms with E-state index in [1.165, 1.54) is 18.4 Å². The van der Waals surface area contributed by atoms with E-state index in [4.69, 9.17) is 9.84 Å². The summed E-state index contributed by atoms with van der Waals surface area (Å²) in [5.41, 5.74) is 3.27. The third kappa shape index (κ3) is 8.13. The van der Waals surface area contributed by atoms with Crippen LogP contribution < -0.4 is 10.1 Å². The van der Waals surface area contributed by atoms with Crippen LogP contribution in [0.4, 0.5) is 5.69 Å². The number of unbranched alkanes of at least 4 members (excludes halogenated alkanes) is 1. The maximum atomic E-state index is 10.6. The van der Waals surface area contributed by atoms with Gasteiger partial charge in [0.25, 0.3) is 0 Å². The predicted molar refractivity (Wildman–Crippen MR) is 107 cm³/mol. The normalized spacial score (nSPS) is 11.8. The molecule has 1 unspecified atom stereocenters. The number of benzene rings is 2. The van der Waals surface area contributed by atoms with Gasteiger partial charge in [-0.15, -0.1) is 0 Å². The lowest BCUT2D eigenvalue weighted by Gasteiger charge is -2.14. The number of hydrogen-bond acceptors (Lipinski definition) is 4. The zero-order chi connectivity index (χ0) is 19.5. The second kappa shape index (κ2) is 11.2. The molecule has 2 rings (SSSR count). The highest BCUT2D eigenvalue weighted by molar-refractivity contribution is 5.67. The Bertz CT molecular complexity index is 682. The lowest BCUT2D eigenvalue weighted by molar-refractivity contribution is -0.136. The largest absolute Gasteiger partial charge is 0.491 e. The minimum atomic E-state index is -0.804. The molecule has 0 heterocycles. The Labute approximate surface area is 161 Å². The molecule has 0 bridgehead atoms. The summed E-state index contributed by atoms with van der Waals surface area (Å²) in [7, 11) is 0. The lowest BCUT2D eigenvalue weighted by atomic mass is 10.1. The Morgan fingerprint density at radius 1 is 1.04 bits per heavy atom. The first-order valence-corrected chi connectivity index (χ1v) is 9.51. The van der Waals surface area contributed by atoms with Gasteiger partial charge in [0.1, 0.15) is 18.5 Å². The number of anilines is 1. The van der Waals surface area contributed by atoms with E-state index in [0.717, 1.165) is 17.7 Å². The summed E-state index contributed by atoms with van der Waals surface area (Å²) in [6.45, 7) is 2.79. The maximum absolute atomic E-state index is 10.6. The Kier molecular flexibility index (Phi) is 8.65. The van der Waals surface area contributed by atoms with Gasteiger partial charge in [-0.05, 0) is 54.7 Å². The van der Waals surface area contributed by atoms with Gasteiger partial charge in [-0.3, -0.25) is 4.79 Å². The van der Waals surface area contributed by atoms with Gasteiger partial charge < -0.3 is 20.3 Å². The zero-order valence-electron chi connectivity index (χ0n) is 15.9. The summed E-state index contributed by atoms with van der Waals surface area (Å²) in [4.78, 5) is 10.6. The van der Waals surface area contributed by atoms with Crippen LogP contribution in [0.15, 0.2) is 48.5 Å². The molecular weight excluding hydrogens is 342 g/mol. The first kappa shape index (κ1) is 20.8. The first-order valence-electron chi connectivity index (χ1n) is 9.51. The molecule has 2 aromatic carbocycles. The second-order valence-electron chi connectivity index (χ2n) is 6.68. The number of carboxylic acid groups (broad SMARTS) is 1. The molecule has 0 aromatic heterocycles. The van der Waals surface area contributed by atoms with Crippen molar-refractivity contribution in [3.05, 3.63) is 59.7 Å². The molecule has 1 atom stereocenters. The van der Waals surface area contributed by atoms with Crippen molar-refractivity contribution in [1.29, 1.82) is 0 Å². The second-order valence-corrected chi connectivity index (χ2v) is 6.68. The zero-order valence-corrected chi connectivity index (χ0v) is 15.9. The molecule has 3 N–H and O–H groups in total. The SMILES string of the molecule is CCCCc1ccc(NCC(O)COc2ccc(CCC(=O)O)cc2)cc1. The smallest absolute Gasteiger partial charge is 0.303 e. The number of nitrogens with one attached hydrogen (secondary N) is 1. The number of hydrogen-bond donors (Lipinski definition) is 3. The van der Waals surface area contributed by atoms with E-state index in [1.54, 1.807) is 12.1 Å². The van der Waals surface area contributed by atoms with Crippen molar-refractivity contribution in [2.24, 2.45) is 0 Å². The fourth-order valence-corrected chi connectivity index (χ4v) is 2.66. The minimum absolute atomic E-state index is 0.115. The third-order valence-electron chi connectivity index (χ3n) is 4.31. The van der Waals surface area contributed by atoms with E-state index < -0.39 is 12.1 Å². The van der Waals surface area contributed by atoms with Crippen LogP contribution in [-0.4, -0.2) is 35.4 Å². The monoisotopic (exact) mass is 371 g/mol. The Morgan fingerprint density at radius 3 is 2.30 bits per heavy atom. The molecule has 5 nitrogen and oxygen atoms in total. The summed E-state index contributed by atoms with van der Waals surface area (Å²) >= 11 is 0. The molecule has 0 fully saturated rings. The van der Waals surface area contributed by atoms with Crippen LogP contribution in [0.1, 0.15) is 37.3 Å². The maximum Gasteiger partial charge on any atom is 0.303 e. The Hall–Kier alpha value is -2.53. The van der Waals surface area contributed by atoms with Crippen LogP contribution in [0.25, 0.3) is 0 Å². The summed E-state index contributed by atoms with van der Waals surface area (Å²) < 4.78 is 5.59. The van der Waals surface area contributed by atoms with Gasteiger partial charge in [-0.2, -0.15) is 0 Å². The molecule has 0 saturated heterocycles. The third-order valence-corrected chi connectivity index (χ3v) is 4.31. The van der Waals surface area contributed by atoms with Crippen LogP contribution in [0.3, 0.4) is 0 Å². The number of aliphatic hydroxyl groups excluding tert-OH is 1. The number of ether oxygens (including phenoxy) is 1. The van der Waals surface area contributed by atoms with Gasteiger partial charge in [0.15, 0.2) is 0 Å². The molecule has 0 spiro atoms. The van der Waals surface area contributed by atoms with E-state index in [9.17, 15) is 9.90 Å². The summed E-state index contributed by atoms with van der Waals surface area (Å²) in [5.74, 6) is -0.144. The molecular formula is C22H29NO4. The average Bonchev–Trinajstić information content (AvgIpc) is 2.69. The van der Waals surface area contributed by atoms with E-state index in [2.05, 4.69) is 24.4 Å². The van der Waals surface area contributed by atoms with Crippen LogP contribution in [-0.2, 0) is 17.6 Å². The van der Waals surface area contributed by atoms with Gasteiger partial charge in [-0.25, -0.2) is 0 Å². The van der Waals surface area contributed by atoms with Crippen molar-refractivity contribution in [2.45, 2.75) is 45.1 Å². The molecule has 0 saturated carbocycles. The molecule has 27 heavy (non-hydrogen) atoms. The number of aliphatic carboxylic acids is 1. The standard InChI is InChI=1S/C22H29NO4/c1-2-3-4-17-5-10-19(11-6-17)23-15-20(24)16-27-21-12-7-18(8-13-21)9-14-22(25)26/h5-8,10-13,20,23-24H,2-4,9,14-16H2,1H3,(H,25,26). The van der Waals surface area contributed by atoms with Gasteiger partial charge in [0.05, 0.1) is 0 Å². The van der Waals surface area contributed by atoms with Crippen molar-refractivity contribution in [3.63, 3.8) is 0 Å². The molecule has 0 radical (unpaired) electrons. The van der Waals surface area contributed by atoms with Crippen LogP contribution in [0, 0.1) is 0 Å². The molecule has 0 aliphatic carbocycles. The van der Waals surface area contributed by atoms with Crippen molar-refractivity contribution in [1.82, 2.24) is 0 Å². The number of rotatable bonds is 12. The van der Waals surface area contributed by atoms with Crippen molar-refractivity contribution >= 4 is 11.7 Å². The molecule has 0 amide bonds. The van der Waals surface area contributed by atoms with Crippen LogP contribution >= 0.6 is 0 Å². The number of aliphatic hydroxyl groups is 1. The quantitative estimate of drug-likeness (QED) is 0.527. The van der Waals surface area contributed by atoms with Crippen LogP contribution in [0.2, 0.25) is 0 Å². The highest BCUT2D eigenvalue weighted by Gasteiger charge is 2.06. The molecule has 2 aromatic rings. The van der Waals surface area contributed by atoms with Gasteiger partial charge in [0.2, 0.25) is 0 Å². The molecule has 0 aliphatic heterocycles. The molecule has 5 heteroatoms. The van der Waals surface area contributed by atoms with Crippen LogP contribution in [0.5, 0.6) is 5.75 Å². The van der Waals surface area contributed by atoms with E-state index in [0.29, 0.717) is 18.7 Å². The number of aryl methyl sites for hydroxylation is 2. The van der Waals surface area contributed by atoms with Crippen molar-refractivity contribution < 1.29 is 19.7 Å². The van der Waals surface area contributed by atoms with E-state index in [1.807, 2.05) is 24.3 Å². The average molecular weight is 371 g/mol. The minimum Gasteiger partial charge on any atom is -0.491 e. The topological polar surface area (TPSA) is 78.8 Å². The van der Waals surface area contributed by atoms with E-state index >= 15 is 0 Å². The van der Waals surface area contributed by atoms with Gasteiger partial charge in [0, 0.05) is 18.7 Å². The number of carbonyl (C=O) groups is 1. The van der Waals surface area contributed by atoms with Gasteiger partial charge in [-0.1, -0.05) is 37.6 Å². The van der Waals surface area contributed by atoms with Crippen molar-refractivity contribution in [3.8, 4) is 5.75 Å². The number of carboxylic acids is 1. The predicted octanol–water partition coefficient (Wildman–Crippen LogP) is 3.90. The van der Waals surface area contributed by atoms with Crippen molar-refractivity contribution in [2.75, 3.05) is 18.5 Å². The highest BCUT2D eigenvalue weighted by atomic mass is 16.5. The molecule has 0 aliphatic rings. The Morgan fingerprint density at radius 2 is 1.67 bits per heavy atom. The fraction of sp³-hybridized carbons (Fsp3) is 0.409. The Balaban J connectivity index is 1.69. The lowest BCUT2D eigenvalue weighted by Crippen LogP contribution is -2.26.